The highest BCUT2D eigenvalue weighted by Gasteiger charge is 2.38. The number of thioether (sulfide) groups is 1. The van der Waals surface area contributed by atoms with Crippen LogP contribution in [0.15, 0.2) is 60.1 Å². The van der Waals surface area contributed by atoms with Crippen molar-refractivity contribution in [2.75, 3.05) is 7.05 Å². The number of carbonyl (C=O) groups excluding carboxylic acids is 1. The Morgan fingerprint density at radius 1 is 1.17 bits per heavy atom. The molecule has 0 aliphatic heterocycles. The van der Waals surface area contributed by atoms with Crippen LogP contribution in [-0.4, -0.2) is 17.9 Å². The third kappa shape index (κ3) is 10.5. The Hall–Kier alpha value is -2.27. The van der Waals surface area contributed by atoms with E-state index < -0.39 is 11.6 Å². The van der Waals surface area contributed by atoms with E-state index in [-0.39, 0.29) is 16.1 Å². The molecule has 2 unspecified atom stereocenters. The maximum absolute atomic E-state index is 14.5. The number of hydrogen-bond acceptors (Lipinski definition) is 3. The summed E-state index contributed by atoms with van der Waals surface area (Å²) in [7, 11) is 1.64. The topological polar surface area (TPSA) is 29.4 Å². The highest BCUT2D eigenvalue weighted by molar-refractivity contribution is 8.15. The molecule has 0 bridgehead atoms. The van der Waals surface area contributed by atoms with Crippen molar-refractivity contribution in [1.29, 1.82) is 0 Å². The van der Waals surface area contributed by atoms with E-state index in [0.717, 1.165) is 31.7 Å². The minimum atomic E-state index is -0.464. The number of aryl methyl sites for hydroxylation is 1. The van der Waals surface area contributed by atoms with Crippen LogP contribution < -0.4 is 0 Å². The Bertz CT molecular complexity index is 953. The van der Waals surface area contributed by atoms with E-state index in [2.05, 4.69) is 44.5 Å². The second-order valence-electron chi connectivity index (χ2n) is 8.45. The molecule has 0 amide bonds. The van der Waals surface area contributed by atoms with Crippen molar-refractivity contribution in [3.63, 3.8) is 0 Å². The van der Waals surface area contributed by atoms with Crippen LogP contribution in [0.5, 0.6) is 0 Å². The van der Waals surface area contributed by atoms with Crippen molar-refractivity contribution in [2.24, 2.45) is 10.9 Å². The minimum absolute atomic E-state index is 0.167. The lowest BCUT2D eigenvalue weighted by Gasteiger charge is -2.39. The number of unbranched alkanes of at least 4 members (excludes halogenated alkanes) is 1. The van der Waals surface area contributed by atoms with Crippen LogP contribution in [0.2, 0.25) is 0 Å². The van der Waals surface area contributed by atoms with Gasteiger partial charge in [-0.05, 0) is 75.8 Å². The Morgan fingerprint density at radius 3 is 2.29 bits per heavy atom. The zero-order valence-corrected chi connectivity index (χ0v) is 23.6. The third-order valence-electron chi connectivity index (χ3n) is 5.49. The van der Waals surface area contributed by atoms with Gasteiger partial charge < -0.3 is 4.79 Å². The van der Waals surface area contributed by atoms with E-state index in [4.69, 9.17) is 0 Å². The first-order valence-electron chi connectivity index (χ1n) is 12.4. The number of rotatable bonds is 9. The molecule has 0 radical (unpaired) electrons. The van der Waals surface area contributed by atoms with Crippen molar-refractivity contribution < 1.29 is 13.6 Å². The average molecular weight is 504 g/mol. The molecule has 2 rings (SSSR count). The molecule has 0 N–H and O–H groups in total. The number of benzene rings is 2. The van der Waals surface area contributed by atoms with E-state index >= 15 is 0 Å². The molecule has 0 aliphatic rings. The van der Waals surface area contributed by atoms with Gasteiger partial charge in [0.15, 0.2) is 0 Å². The van der Waals surface area contributed by atoms with E-state index in [1.54, 1.807) is 7.05 Å². The summed E-state index contributed by atoms with van der Waals surface area (Å²) in [5, 5.41) is 0.512. The van der Waals surface area contributed by atoms with Crippen LogP contribution >= 0.6 is 11.8 Å². The van der Waals surface area contributed by atoms with Crippen molar-refractivity contribution in [3.8, 4) is 0 Å². The number of Topliss-reactive ketones (excluding diaryl/α,β-unsaturated/α-hetero) is 1. The molecular formula is C30H43F2NOS. The molecule has 2 nitrogen and oxygen atoms in total. The molecule has 0 heterocycles. The quantitative estimate of drug-likeness (QED) is 0.194. The van der Waals surface area contributed by atoms with Gasteiger partial charge in [0.1, 0.15) is 22.5 Å². The SMILES string of the molecule is C=CCC(CCCC)C(C)(SC(=NC)c1cc(F)ccc1F)c1ccccc1C.CC.CC(C)=O. The van der Waals surface area contributed by atoms with Gasteiger partial charge in [-0.15, -0.1) is 6.58 Å². The van der Waals surface area contributed by atoms with E-state index in [0.29, 0.717) is 11.0 Å². The lowest BCUT2D eigenvalue weighted by molar-refractivity contribution is -0.114. The highest BCUT2D eigenvalue weighted by Crippen LogP contribution is 2.49. The van der Waals surface area contributed by atoms with Gasteiger partial charge in [-0.2, -0.15) is 0 Å². The smallest absolute Gasteiger partial charge is 0.133 e. The Morgan fingerprint density at radius 2 is 1.77 bits per heavy atom. The average Bonchev–Trinajstić information content (AvgIpc) is 2.83. The zero-order chi connectivity index (χ0) is 27.0. The molecule has 2 atom stereocenters. The van der Waals surface area contributed by atoms with Gasteiger partial charge in [0.2, 0.25) is 0 Å². The summed E-state index contributed by atoms with van der Waals surface area (Å²) in [6.45, 7) is 17.5. The number of halogens is 2. The summed E-state index contributed by atoms with van der Waals surface area (Å²) in [5.74, 6) is -0.464. The molecule has 0 aromatic heterocycles. The predicted octanol–water partition coefficient (Wildman–Crippen LogP) is 9.30. The van der Waals surface area contributed by atoms with Crippen molar-refractivity contribution >= 4 is 22.6 Å². The lowest BCUT2D eigenvalue weighted by Crippen LogP contribution is -2.31. The van der Waals surface area contributed by atoms with E-state index in [9.17, 15) is 13.6 Å². The molecular weight excluding hydrogens is 460 g/mol. The minimum Gasteiger partial charge on any atom is -0.300 e. The van der Waals surface area contributed by atoms with Crippen LogP contribution in [0.25, 0.3) is 0 Å². The van der Waals surface area contributed by atoms with Crippen molar-refractivity contribution in [2.45, 2.75) is 78.9 Å². The first kappa shape index (κ1) is 32.7. The second-order valence-corrected chi connectivity index (χ2v) is 9.89. The van der Waals surface area contributed by atoms with Gasteiger partial charge in [0.05, 0.1) is 0 Å². The van der Waals surface area contributed by atoms with Crippen LogP contribution in [-0.2, 0) is 9.54 Å². The largest absolute Gasteiger partial charge is 0.300 e. The normalized spacial score (nSPS) is 13.4. The first-order chi connectivity index (χ1) is 16.6. The fourth-order valence-corrected chi connectivity index (χ4v) is 5.32. The number of carbonyl (C=O) groups is 1. The molecule has 0 fully saturated rings. The van der Waals surface area contributed by atoms with Crippen molar-refractivity contribution in [1.82, 2.24) is 0 Å². The maximum atomic E-state index is 14.5. The number of allylic oxidation sites excluding steroid dienone is 1. The molecule has 2 aromatic rings. The Kier molecular flexibility index (Phi) is 16.1. The van der Waals surface area contributed by atoms with Crippen molar-refractivity contribution in [3.05, 3.63) is 83.4 Å². The molecule has 0 spiro atoms. The van der Waals surface area contributed by atoms with Gasteiger partial charge in [-0.25, -0.2) is 8.78 Å². The molecule has 0 aliphatic carbocycles. The summed E-state index contributed by atoms with van der Waals surface area (Å²) in [6.07, 6.45) is 6.05. The molecule has 0 saturated carbocycles. The van der Waals surface area contributed by atoms with Gasteiger partial charge in [0, 0.05) is 17.4 Å². The van der Waals surface area contributed by atoms with Gasteiger partial charge >= 0.3 is 0 Å². The number of nitrogens with zero attached hydrogens (tertiary/aromatic N) is 1. The fourth-order valence-electron chi connectivity index (χ4n) is 3.84. The monoisotopic (exact) mass is 503 g/mol. The molecule has 0 saturated heterocycles. The predicted molar refractivity (Wildman–Crippen MR) is 150 cm³/mol. The summed E-state index contributed by atoms with van der Waals surface area (Å²) >= 11 is 1.53. The van der Waals surface area contributed by atoms with E-state index in [1.165, 1.54) is 48.9 Å². The molecule has 194 valence electrons. The van der Waals surface area contributed by atoms with Crippen LogP contribution in [0.4, 0.5) is 8.78 Å². The lowest BCUT2D eigenvalue weighted by atomic mass is 9.79. The van der Waals surface area contributed by atoms with Gasteiger partial charge in [0.25, 0.3) is 0 Å². The van der Waals surface area contributed by atoms with E-state index in [1.807, 2.05) is 32.1 Å². The second kappa shape index (κ2) is 17.2. The Balaban J connectivity index is 0.00000174. The molecule has 2 aromatic carbocycles. The summed E-state index contributed by atoms with van der Waals surface area (Å²) in [6, 6.07) is 11.8. The molecule has 35 heavy (non-hydrogen) atoms. The third-order valence-corrected chi connectivity index (χ3v) is 7.06. The summed E-state index contributed by atoms with van der Waals surface area (Å²) in [5.41, 5.74) is 2.60. The fraction of sp³-hybridized carbons (Fsp3) is 0.467. The maximum Gasteiger partial charge on any atom is 0.133 e. The first-order valence-corrected chi connectivity index (χ1v) is 13.2. The van der Waals surface area contributed by atoms with Crippen LogP contribution in [0.3, 0.4) is 0 Å². The number of aliphatic imine (C=N–C) groups is 1. The zero-order valence-electron chi connectivity index (χ0n) is 22.8. The Labute approximate surface area is 216 Å². The number of hydrogen-bond donors (Lipinski definition) is 0. The van der Waals surface area contributed by atoms with Gasteiger partial charge in [-0.1, -0.05) is 75.7 Å². The van der Waals surface area contributed by atoms with Crippen LogP contribution in [0.1, 0.15) is 83.9 Å². The van der Waals surface area contributed by atoms with Crippen LogP contribution in [0, 0.1) is 24.5 Å². The summed E-state index contributed by atoms with van der Waals surface area (Å²) < 4.78 is 28.0. The molecule has 5 heteroatoms. The van der Waals surface area contributed by atoms with Gasteiger partial charge in [-0.3, -0.25) is 4.99 Å². The number of ketones is 1. The highest BCUT2D eigenvalue weighted by atomic mass is 32.2. The standard InChI is InChI=1S/C25H31F2NS.C3H6O.C2H6/c1-6-8-13-19(11-7-2)25(4,22-14-10-9-12-18(22)3)29-24(28-5)21-17-20(26)15-16-23(21)27;1-3(2)4;1-2/h7,9-10,12,14-17,19H,2,6,8,11,13H2,1,3-5H3;1-2H3;1-2H3. The summed E-state index contributed by atoms with van der Waals surface area (Å²) in [4.78, 5) is 13.8.